The van der Waals surface area contributed by atoms with E-state index in [9.17, 15) is 18.0 Å². The van der Waals surface area contributed by atoms with Gasteiger partial charge < -0.3 is 14.2 Å². The summed E-state index contributed by atoms with van der Waals surface area (Å²) < 4.78 is 46.1. The highest BCUT2D eigenvalue weighted by Gasteiger charge is 2.31. The number of aryl methyl sites for hydroxylation is 2. The van der Waals surface area contributed by atoms with E-state index < -0.39 is 17.8 Å². The van der Waals surface area contributed by atoms with Crippen molar-refractivity contribution in [1.29, 1.82) is 0 Å². The number of amides is 1. The van der Waals surface area contributed by atoms with Crippen molar-refractivity contribution >= 4 is 16.8 Å². The Bertz CT molecular complexity index is 1040. The van der Waals surface area contributed by atoms with Crippen LogP contribution in [0, 0.1) is 0 Å². The lowest BCUT2D eigenvalue weighted by molar-refractivity contribution is -0.139. The number of para-hydroxylation sites is 1. The molecule has 0 saturated carbocycles. The third-order valence-electron chi connectivity index (χ3n) is 5.62. The van der Waals surface area contributed by atoms with E-state index in [4.69, 9.17) is 4.74 Å². The van der Waals surface area contributed by atoms with Crippen LogP contribution in [0.1, 0.15) is 29.2 Å². The summed E-state index contributed by atoms with van der Waals surface area (Å²) in [5, 5.41) is 1.15. The molecule has 0 aliphatic carbocycles. The number of nitrogens with zero attached hydrogens (tertiary/aromatic N) is 2. The monoisotopic (exact) mass is 416 g/mol. The Morgan fingerprint density at radius 3 is 2.60 bits per heavy atom. The molecule has 0 bridgehead atoms. The van der Waals surface area contributed by atoms with Crippen LogP contribution in [0.2, 0.25) is 0 Å². The second kappa shape index (κ2) is 8.14. The predicted molar refractivity (Wildman–Crippen MR) is 108 cm³/mol. The van der Waals surface area contributed by atoms with Crippen LogP contribution < -0.4 is 0 Å². The lowest BCUT2D eigenvalue weighted by atomic mass is 10.0. The molecule has 0 radical (unpaired) electrons. The van der Waals surface area contributed by atoms with Gasteiger partial charge in [-0.25, -0.2) is 0 Å². The van der Waals surface area contributed by atoms with E-state index >= 15 is 0 Å². The van der Waals surface area contributed by atoms with E-state index in [1.165, 1.54) is 12.1 Å². The number of carbonyl (C=O) groups excluding carboxylic acids is 1. The number of hydrogen-bond acceptors (Lipinski definition) is 2. The van der Waals surface area contributed by atoms with Gasteiger partial charge in [0.15, 0.2) is 0 Å². The van der Waals surface area contributed by atoms with Gasteiger partial charge in [-0.3, -0.25) is 4.79 Å². The van der Waals surface area contributed by atoms with Crippen LogP contribution in [-0.2, 0) is 29.2 Å². The summed E-state index contributed by atoms with van der Waals surface area (Å²) in [6.07, 6.45) is -1.70. The summed E-state index contributed by atoms with van der Waals surface area (Å²) in [5.41, 5.74) is 2.22. The van der Waals surface area contributed by atoms with Crippen molar-refractivity contribution < 1.29 is 22.7 Å². The van der Waals surface area contributed by atoms with Crippen LogP contribution in [0.5, 0.6) is 0 Å². The van der Waals surface area contributed by atoms with E-state index in [1.807, 2.05) is 19.2 Å². The summed E-state index contributed by atoms with van der Waals surface area (Å²) in [6, 6.07) is 13.1. The zero-order valence-electron chi connectivity index (χ0n) is 16.7. The van der Waals surface area contributed by atoms with Crippen LogP contribution in [0.3, 0.4) is 0 Å². The van der Waals surface area contributed by atoms with Crippen molar-refractivity contribution in [2.45, 2.75) is 25.1 Å². The average molecular weight is 416 g/mol. The zero-order valence-corrected chi connectivity index (χ0v) is 16.7. The summed E-state index contributed by atoms with van der Waals surface area (Å²) in [7, 11) is 1.99. The Hall–Kier alpha value is -2.80. The highest BCUT2D eigenvalue weighted by molar-refractivity contribution is 5.85. The van der Waals surface area contributed by atoms with Gasteiger partial charge in [-0.2, -0.15) is 13.2 Å². The van der Waals surface area contributed by atoms with Crippen LogP contribution in [0.15, 0.2) is 54.7 Å². The van der Waals surface area contributed by atoms with Crippen molar-refractivity contribution in [3.63, 3.8) is 0 Å². The molecule has 1 fully saturated rings. The van der Waals surface area contributed by atoms with Crippen LogP contribution in [-0.4, -0.2) is 35.1 Å². The molecule has 1 saturated heterocycles. The quantitative estimate of drug-likeness (QED) is 0.616. The van der Waals surface area contributed by atoms with E-state index in [0.29, 0.717) is 38.1 Å². The Labute approximate surface area is 172 Å². The predicted octanol–water partition coefficient (Wildman–Crippen LogP) is 4.73. The van der Waals surface area contributed by atoms with Crippen LogP contribution >= 0.6 is 0 Å². The number of alkyl halides is 3. The maximum atomic E-state index is 12.8. The Kier molecular flexibility index (Phi) is 5.56. The maximum Gasteiger partial charge on any atom is 0.416 e. The smallest absolute Gasteiger partial charge is 0.370 e. The van der Waals surface area contributed by atoms with Gasteiger partial charge in [-0.15, -0.1) is 0 Å². The molecular formula is C23H23F3N2O2. The molecule has 0 N–H and O–H groups in total. The third kappa shape index (κ3) is 4.21. The molecule has 1 aromatic heterocycles. The first-order valence-corrected chi connectivity index (χ1v) is 9.92. The summed E-state index contributed by atoms with van der Waals surface area (Å²) in [4.78, 5) is 14.5. The zero-order chi connectivity index (χ0) is 21.3. The molecule has 2 aromatic carbocycles. The van der Waals surface area contributed by atoms with Crippen molar-refractivity contribution in [2.75, 3.05) is 19.7 Å². The second-order valence-electron chi connectivity index (χ2n) is 7.60. The van der Waals surface area contributed by atoms with Gasteiger partial charge in [0.1, 0.15) is 6.10 Å². The summed E-state index contributed by atoms with van der Waals surface area (Å²) in [5.74, 6) is 0.0307. The van der Waals surface area contributed by atoms with Crippen molar-refractivity contribution in [3.05, 3.63) is 71.4 Å². The first kappa shape index (κ1) is 20.5. The molecule has 2 heterocycles. The molecule has 1 unspecified atom stereocenters. The molecule has 4 nitrogen and oxygen atoms in total. The second-order valence-corrected chi connectivity index (χ2v) is 7.60. The Morgan fingerprint density at radius 1 is 1.13 bits per heavy atom. The fourth-order valence-electron chi connectivity index (χ4n) is 3.99. The van der Waals surface area contributed by atoms with Gasteiger partial charge >= 0.3 is 6.18 Å². The van der Waals surface area contributed by atoms with Gasteiger partial charge in [0.25, 0.3) is 0 Å². The lowest BCUT2D eigenvalue weighted by Crippen LogP contribution is -2.42. The van der Waals surface area contributed by atoms with Gasteiger partial charge in [0, 0.05) is 37.1 Å². The number of fused-ring (bicyclic) bond motifs is 1. The van der Waals surface area contributed by atoms with Gasteiger partial charge in [0.2, 0.25) is 5.91 Å². The molecule has 4 rings (SSSR count). The fourth-order valence-corrected chi connectivity index (χ4v) is 3.99. The summed E-state index contributed by atoms with van der Waals surface area (Å²) in [6.45, 7) is 1.21. The van der Waals surface area contributed by atoms with Crippen molar-refractivity contribution in [1.82, 2.24) is 9.47 Å². The van der Waals surface area contributed by atoms with Crippen molar-refractivity contribution in [3.8, 4) is 0 Å². The molecule has 3 aromatic rings. The molecule has 7 heteroatoms. The van der Waals surface area contributed by atoms with Crippen LogP contribution in [0.4, 0.5) is 13.2 Å². The first-order chi connectivity index (χ1) is 14.3. The Balaban J connectivity index is 1.40. The molecular weight excluding hydrogens is 393 g/mol. The number of benzene rings is 2. The normalized spacial score (nSPS) is 17.5. The van der Waals surface area contributed by atoms with Gasteiger partial charge in [0.05, 0.1) is 18.7 Å². The average Bonchev–Trinajstić information content (AvgIpc) is 3.07. The molecule has 1 atom stereocenters. The minimum Gasteiger partial charge on any atom is -0.370 e. The fraction of sp³-hybridized carbons (Fsp3) is 0.348. The Morgan fingerprint density at radius 2 is 1.87 bits per heavy atom. The first-order valence-electron chi connectivity index (χ1n) is 9.92. The third-order valence-corrected chi connectivity index (χ3v) is 5.62. The molecule has 30 heavy (non-hydrogen) atoms. The van der Waals surface area contributed by atoms with Crippen LogP contribution in [0.25, 0.3) is 10.9 Å². The number of morpholine rings is 1. The largest absolute Gasteiger partial charge is 0.416 e. The molecule has 1 aliphatic heterocycles. The lowest BCUT2D eigenvalue weighted by Gasteiger charge is -2.33. The molecule has 1 amide bonds. The molecule has 0 spiro atoms. The van der Waals surface area contributed by atoms with E-state index in [1.54, 1.807) is 4.90 Å². The number of rotatable bonds is 4. The molecule has 158 valence electrons. The van der Waals surface area contributed by atoms with E-state index in [0.717, 1.165) is 28.6 Å². The minimum absolute atomic E-state index is 0.0307. The number of halogens is 3. The van der Waals surface area contributed by atoms with Gasteiger partial charge in [-0.05, 0) is 35.7 Å². The summed E-state index contributed by atoms with van der Waals surface area (Å²) >= 11 is 0. The number of hydrogen-bond donors (Lipinski definition) is 0. The highest BCUT2D eigenvalue weighted by atomic mass is 19.4. The topological polar surface area (TPSA) is 34.5 Å². The SMILES string of the molecule is Cn1cc(CCC(=O)N2CCOC(c3ccc(C(F)(F)F)cc3)C2)c2ccccc21. The maximum absolute atomic E-state index is 12.8. The van der Waals surface area contributed by atoms with Gasteiger partial charge in [-0.1, -0.05) is 30.3 Å². The number of ether oxygens (including phenoxy) is 1. The van der Waals surface area contributed by atoms with E-state index in [-0.39, 0.29) is 5.91 Å². The van der Waals surface area contributed by atoms with E-state index in [2.05, 4.69) is 22.9 Å². The highest BCUT2D eigenvalue weighted by Crippen LogP contribution is 2.31. The molecule has 1 aliphatic rings. The number of carbonyl (C=O) groups is 1. The minimum atomic E-state index is -4.37. The number of aromatic nitrogens is 1. The standard InChI is InChI=1S/C23H23F3N2O2/c1-27-14-17(19-4-2-3-5-20(19)27)8-11-22(29)28-12-13-30-21(15-28)16-6-9-18(10-7-16)23(24,25)26/h2-7,9-10,14,21H,8,11-13,15H2,1H3. The van der Waals surface area contributed by atoms with Crippen molar-refractivity contribution in [2.24, 2.45) is 7.05 Å².